The number of halogens is 3. The van der Waals surface area contributed by atoms with Gasteiger partial charge in [-0.3, -0.25) is 0 Å². The molecule has 1 unspecified atom stereocenters. The van der Waals surface area contributed by atoms with Crippen LogP contribution in [0, 0.1) is 0 Å². The molecule has 0 saturated carbocycles. The Balaban J connectivity index is 2.32. The van der Waals surface area contributed by atoms with Crippen molar-refractivity contribution >= 4 is 39.1 Å². The Morgan fingerprint density at radius 2 is 1.71 bits per heavy atom. The third-order valence-electron chi connectivity index (χ3n) is 4.12. The van der Waals surface area contributed by atoms with Gasteiger partial charge in [0.2, 0.25) is 0 Å². The summed E-state index contributed by atoms with van der Waals surface area (Å²) < 4.78 is 0.871. The molecule has 0 spiro atoms. The van der Waals surface area contributed by atoms with E-state index in [1.807, 2.05) is 18.2 Å². The molecule has 0 aliphatic heterocycles. The van der Waals surface area contributed by atoms with Gasteiger partial charge in [0.25, 0.3) is 0 Å². The Bertz CT molecular complexity index is 618. The predicted molar refractivity (Wildman–Crippen MR) is 96.6 cm³/mol. The quantitative estimate of drug-likeness (QED) is 0.491. The fourth-order valence-corrected chi connectivity index (χ4v) is 3.20. The summed E-state index contributed by atoms with van der Waals surface area (Å²) in [4.78, 5) is 0. The lowest BCUT2D eigenvalue weighted by molar-refractivity contribution is 0.506. The molecule has 0 saturated heterocycles. The van der Waals surface area contributed by atoms with E-state index >= 15 is 0 Å². The number of benzene rings is 2. The van der Waals surface area contributed by atoms with Crippen LogP contribution in [0.15, 0.2) is 46.9 Å². The molecular formula is C18H19BrCl2. The van der Waals surface area contributed by atoms with Crippen LogP contribution in [-0.2, 0) is 5.41 Å². The minimum absolute atomic E-state index is 0.188. The SMILES string of the molecule is CCC(C)(C)c1ccc(C(Cl)c2cccc(Br)c2Cl)cc1. The van der Waals surface area contributed by atoms with Gasteiger partial charge in [0, 0.05) is 4.47 Å². The van der Waals surface area contributed by atoms with Gasteiger partial charge in [-0.05, 0) is 50.5 Å². The first kappa shape index (κ1) is 16.9. The van der Waals surface area contributed by atoms with E-state index in [0.29, 0.717) is 5.02 Å². The van der Waals surface area contributed by atoms with Crippen molar-refractivity contribution in [2.45, 2.75) is 38.0 Å². The van der Waals surface area contributed by atoms with Gasteiger partial charge < -0.3 is 0 Å². The molecule has 0 nitrogen and oxygen atoms in total. The van der Waals surface area contributed by atoms with Crippen LogP contribution in [-0.4, -0.2) is 0 Å². The van der Waals surface area contributed by atoms with Gasteiger partial charge in [0.15, 0.2) is 0 Å². The highest BCUT2D eigenvalue weighted by Gasteiger charge is 2.20. The third-order valence-corrected chi connectivity index (χ3v) is 5.92. The van der Waals surface area contributed by atoms with Crippen LogP contribution in [0.5, 0.6) is 0 Å². The maximum absolute atomic E-state index is 6.60. The fraction of sp³-hybridized carbons (Fsp3) is 0.333. The molecule has 0 heterocycles. The number of rotatable bonds is 4. The lowest BCUT2D eigenvalue weighted by Crippen LogP contribution is -2.15. The highest BCUT2D eigenvalue weighted by Crippen LogP contribution is 2.37. The van der Waals surface area contributed by atoms with Crippen molar-refractivity contribution in [1.29, 1.82) is 0 Å². The molecule has 0 radical (unpaired) electrons. The fourth-order valence-electron chi connectivity index (χ4n) is 2.20. The van der Waals surface area contributed by atoms with Crippen LogP contribution in [0.1, 0.15) is 49.3 Å². The Morgan fingerprint density at radius 1 is 1.10 bits per heavy atom. The molecule has 112 valence electrons. The minimum atomic E-state index is -0.242. The number of hydrogen-bond donors (Lipinski definition) is 0. The van der Waals surface area contributed by atoms with E-state index < -0.39 is 0 Å². The normalized spacial score (nSPS) is 13.2. The van der Waals surface area contributed by atoms with Crippen molar-refractivity contribution in [3.63, 3.8) is 0 Å². The maximum atomic E-state index is 6.60. The summed E-state index contributed by atoms with van der Waals surface area (Å²) in [6.07, 6.45) is 1.11. The second kappa shape index (κ2) is 6.73. The smallest absolute Gasteiger partial charge is 0.0850 e. The minimum Gasteiger partial charge on any atom is -0.113 e. The Labute approximate surface area is 145 Å². The molecule has 0 fully saturated rings. The van der Waals surface area contributed by atoms with Crippen LogP contribution in [0.4, 0.5) is 0 Å². The molecule has 0 N–H and O–H groups in total. The molecule has 0 amide bonds. The van der Waals surface area contributed by atoms with Gasteiger partial charge in [0.05, 0.1) is 10.4 Å². The zero-order valence-corrected chi connectivity index (χ0v) is 15.6. The standard InChI is InChI=1S/C18H19BrCl2/c1-4-18(2,3)13-10-8-12(9-11-13)16(20)14-6-5-7-15(19)17(14)21/h5-11,16H,4H2,1-3H3. The molecule has 0 aromatic heterocycles. The lowest BCUT2D eigenvalue weighted by atomic mass is 9.82. The topological polar surface area (TPSA) is 0 Å². The van der Waals surface area contributed by atoms with Crippen LogP contribution < -0.4 is 0 Å². The highest BCUT2D eigenvalue weighted by atomic mass is 79.9. The van der Waals surface area contributed by atoms with E-state index in [1.165, 1.54) is 5.56 Å². The van der Waals surface area contributed by atoms with E-state index in [9.17, 15) is 0 Å². The predicted octanol–water partition coefficient (Wildman–Crippen LogP) is 7.12. The summed E-state index contributed by atoms with van der Waals surface area (Å²) in [5, 5.41) is 0.434. The van der Waals surface area contributed by atoms with Gasteiger partial charge in [-0.2, -0.15) is 0 Å². The first-order valence-corrected chi connectivity index (χ1v) is 8.66. The average molecular weight is 386 g/mol. The molecule has 0 aliphatic carbocycles. The second-order valence-corrected chi connectivity index (χ2v) is 7.53. The summed E-state index contributed by atoms with van der Waals surface area (Å²) in [6.45, 7) is 6.72. The molecule has 0 aliphatic rings. The van der Waals surface area contributed by atoms with Crippen LogP contribution in [0.25, 0.3) is 0 Å². The van der Waals surface area contributed by atoms with Crippen molar-refractivity contribution in [2.75, 3.05) is 0 Å². The van der Waals surface area contributed by atoms with E-state index in [2.05, 4.69) is 61.0 Å². The van der Waals surface area contributed by atoms with Crippen molar-refractivity contribution in [3.8, 4) is 0 Å². The van der Waals surface area contributed by atoms with E-state index in [1.54, 1.807) is 0 Å². The monoisotopic (exact) mass is 384 g/mol. The second-order valence-electron chi connectivity index (χ2n) is 5.87. The summed E-state index contributed by atoms with van der Waals surface area (Å²) in [5.74, 6) is 0. The van der Waals surface area contributed by atoms with Gasteiger partial charge in [-0.25, -0.2) is 0 Å². The van der Waals surface area contributed by atoms with Crippen molar-refractivity contribution < 1.29 is 0 Å². The summed E-state index contributed by atoms with van der Waals surface area (Å²) in [6, 6.07) is 14.4. The van der Waals surface area contributed by atoms with Crippen molar-refractivity contribution in [2.24, 2.45) is 0 Å². The van der Waals surface area contributed by atoms with Gasteiger partial charge in [-0.15, -0.1) is 11.6 Å². The summed E-state index contributed by atoms with van der Waals surface area (Å²) in [7, 11) is 0. The molecule has 3 heteroatoms. The Kier molecular flexibility index (Phi) is 5.40. The van der Waals surface area contributed by atoms with Crippen molar-refractivity contribution in [1.82, 2.24) is 0 Å². The highest BCUT2D eigenvalue weighted by molar-refractivity contribution is 9.10. The Hall–Kier alpha value is -0.500. The molecule has 2 rings (SSSR count). The molecular weight excluding hydrogens is 367 g/mol. The molecule has 2 aromatic carbocycles. The van der Waals surface area contributed by atoms with Gasteiger partial charge in [-0.1, -0.05) is 68.8 Å². The van der Waals surface area contributed by atoms with Crippen LogP contribution in [0.3, 0.4) is 0 Å². The third kappa shape index (κ3) is 3.64. The zero-order chi connectivity index (χ0) is 15.6. The summed E-state index contributed by atoms with van der Waals surface area (Å²) in [5.41, 5.74) is 3.51. The molecule has 21 heavy (non-hydrogen) atoms. The van der Waals surface area contributed by atoms with E-state index in [4.69, 9.17) is 23.2 Å². The number of alkyl halides is 1. The molecule has 1 atom stereocenters. The van der Waals surface area contributed by atoms with Crippen LogP contribution >= 0.6 is 39.1 Å². The molecule has 0 bridgehead atoms. The zero-order valence-electron chi connectivity index (χ0n) is 12.5. The summed E-state index contributed by atoms with van der Waals surface area (Å²) >= 11 is 16.4. The average Bonchev–Trinajstić information content (AvgIpc) is 2.49. The molecule has 2 aromatic rings. The van der Waals surface area contributed by atoms with Crippen LogP contribution in [0.2, 0.25) is 5.02 Å². The first-order valence-electron chi connectivity index (χ1n) is 7.05. The largest absolute Gasteiger partial charge is 0.113 e. The van der Waals surface area contributed by atoms with Gasteiger partial charge >= 0.3 is 0 Å². The first-order chi connectivity index (χ1) is 9.86. The number of hydrogen-bond acceptors (Lipinski definition) is 0. The van der Waals surface area contributed by atoms with Gasteiger partial charge in [0.1, 0.15) is 0 Å². The van der Waals surface area contributed by atoms with E-state index in [-0.39, 0.29) is 10.8 Å². The maximum Gasteiger partial charge on any atom is 0.0850 e. The van der Waals surface area contributed by atoms with E-state index in [0.717, 1.165) is 22.0 Å². The lowest BCUT2D eigenvalue weighted by Gasteiger charge is -2.24. The van der Waals surface area contributed by atoms with Crippen molar-refractivity contribution in [3.05, 3.63) is 68.7 Å². The Morgan fingerprint density at radius 3 is 2.29 bits per heavy atom.